The molecule has 1 aromatic rings. The first kappa shape index (κ1) is 13.1. The fourth-order valence-corrected chi connectivity index (χ4v) is 1.26. The number of rotatable bonds is 2. The molecule has 0 spiro atoms. The third-order valence-corrected chi connectivity index (χ3v) is 1.97. The van der Waals surface area contributed by atoms with Gasteiger partial charge in [-0.15, -0.1) is 0 Å². The third-order valence-electron chi connectivity index (χ3n) is 1.97. The van der Waals surface area contributed by atoms with E-state index < -0.39 is 11.7 Å². The third kappa shape index (κ3) is 3.52. The van der Waals surface area contributed by atoms with E-state index in [-0.39, 0.29) is 5.88 Å². The van der Waals surface area contributed by atoms with Crippen LogP contribution in [0.15, 0.2) is 10.7 Å². The number of ether oxygens (including phenoxy) is 1. The molecule has 0 bridgehead atoms. The lowest BCUT2D eigenvalue weighted by Crippen LogP contribution is -2.27. The van der Waals surface area contributed by atoms with Gasteiger partial charge in [-0.25, -0.2) is 4.79 Å². The number of carbonyl (C=O) groups is 1. The SMILES string of the molecule is CCc1coc(NC(=O)OC(C)(C)C)c1C#N. The van der Waals surface area contributed by atoms with Crippen molar-refractivity contribution in [3.05, 3.63) is 17.4 Å². The number of aryl methyl sites for hydroxylation is 1. The normalized spacial score (nSPS) is 10.8. The quantitative estimate of drug-likeness (QED) is 0.856. The van der Waals surface area contributed by atoms with Crippen molar-refractivity contribution in [3.63, 3.8) is 0 Å². The molecule has 0 fully saturated rings. The van der Waals surface area contributed by atoms with Crippen LogP contribution in [0.1, 0.15) is 38.8 Å². The molecule has 17 heavy (non-hydrogen) atoms. The average molecular weight is 236 g/mol. The zero-order valence-corrected chi connectivity index (χ0v) is 10.5. The number of nitriles is 1. The highest BCUT2D eigenvalue weighted by molar-refractivity contribution is 5.85. The Morgan fingerprint density at radius 2 is 2.24 bits per heavy atom. The summed E-state index contributed by atoms with van der Waals surface area (Å²) in [5, 5.41) is 11.4. The molecule has 5 heteroatoms. The number of carbonyl (C=O) groups excluding carboxylic acids is 1. The summed E-state index contributed by atoms with van der Waals surface area (Å²) >= 11 is 0. The molecule has 0 atom stereocenters. The van der Waals surface area contributed by atoms with Crippen LogP contribution in [0.5, 0.6) is 0 Å². The zero-order valence-electron chi connectivity index (χ0n) is 10.5. The van der Waals surface area contributed by atoms with Gasteiger partial charge >= 0.3 is 6.09 Å². The minimum absolute atomic E-state index is 0.138. The molecule has 0 saturated carbocycles. The Bertz CT molecular complexity index is 449. The Hall–Kier alpha value is -1.96. The molecule has 0 aliphatic heterocycles. The van der Waals surface area contributed by atoms with Crippen LogP contribution < -0.4 is 5.32 Å². The van der Waals surface area contributed by atoms with Crippen molar-refractivity contribution < 1.29 is 13.9 Å². The number of hydrogen-bond donors (Lipinski definition) is 1. The molecule has 1 rings (SSSR count). The molecule has 0 aromatic carbocycles. The minimum Gasteiger partial charge on any atom is -0.447 e. The monoisotopic (exact) mass is 236 g/mol. The minimum atomic E-state index is -0.633. The van der Waals surface area contributed by atoms with Crippen LogP contribution >= 0.6 is 0 Å². The van der Waals surface area contributed by atoms with Gasteiger partial charge in [0, 0.05) is 5.56 Å². The van der Waals surface area contributed by atoms with Crippen LogP contribution in [-0.4, -0.2) is 11.7 Å². The first-order valence-corrected chi connectivity index (χ1v) is 5.38. The molecule has 1 heterocycles. The van der Waals surface area contributed by atoms with Crippen LogP contribution in [0.4, 0.5) is 10.7 Å². The van der Waals surface area contributed by atoms with Gasteiger partial charge in [-0.05, 0) is 27.2 Å². The molecule has 1 aromatic heterocycles. The van der Waals surface area contributed by atoms with E-state index in [0.29, 0.717) is 12.0 Å². The van der Waals surface area contributed by atoms with Crippen LogP contribution in [-0.2, 0) is 11.2 Å². The zero-order chi connectivity index (χ0) is 13.1. The van der Waals surface area contributed by atoms with Crippen molar-refractivity contribution in [3.8, 4) is 6.07 Å². The van der Waals surface area contributed by atoms with Gasteiger partial charge in [-0.3, -0.25) is 5.32 Å². The Kier molecular flexibility index (Phi) is 3.79. The second-order valence-corrected chi connectivity index (χ2v) is 4.56. The summed E-state index contributed by atoms with van der Waals surface area (Å²) in [6, 6.07) is 2.00. The Balaban J connectivity index is 2.79. The lowest BCUT2D eigenvalue weighted by molar-refractivity contribution is 0.0632. The standard InChI is InChI=1S/C12H16N2O3/c1-5-8-7-16-10(9(8)6-13)14-11(15)17-12(2,3)4/h7H,5H2,1-4H3,(H,14,15). The van der Waals surface area contributed by atoms with E-state index in [1.807, 2.05) is 13.0 Å². The predicted molar refractivity (Wildman–Crippen MR) is 62.7 cm³/mol. The molecule has 1 amide bonds. The second kappa shape index (κ2) is 4.91. The summed E-state index contributed by atoms with van der Waals surface area (Å²) in [6.45, 7) is 7.19. The van der Waals surface area contributed by atoms with Crippen LogP contribution in [0.2, 0.25) is 0 Å². The fraction of sp³-hybridized carbons (Fsp3) is 0.500. The molecule has 1 N–H and O–H groups in total. The maximum atomic E-state index is 11.5. The molecule has 0 radical (unpaired) electrons. The van der Waals surface area contributed by atoms with Gasteiger partial charge < -0.3 is 9.15 Å². The molecule has 0 aliphatic carbocycles. The van der Waals surface area contributed by atoms with E-state index in [1.165, 1.54) is 6.26 Å². The van der Waals surface area contributed by atoms with Crippen molar-refractivity contribution in [2.75, 3.05) is 5.32 Å². The first-order chi connectivity index (χ1) is 7.87. The lowest BCUT2D eigenvalue weighted by atomic mass is 10.1. The summed E-state index contributed by atoms with van der Waals surface area (Å²) in [6.07, 6.45) is 1.50. The highest BCUT2D eigenvalue weighted by Crippen LogP contribution is 2.22. The van der Waals surface area contributed by atoms with Gasteiger partial charge in [0.25, 0.3) is 0 Å². The molecular weight excluding hydrogens is 220 g/mol. The van der Waals surface area contributed by atoms with Gasteiger partial charge in [0.1, 0.15) is 17.2 Å². The summed E-state index contributed by atoms with van der Waals surface area (Å²) in [4.78, 5) is 11.5. The highest BCUT2D eigenvalue weighted by Gasteiger charge is 2.20. The summed E-state index contributed by atoms with van der Waals surface area (Å²) in [5.74, 6) is 0.138. The molecular formula is C12H16N2O3. The Labute approximate surface area is 100 Å². The second-order valence-electron chi connectivity index (χ2n) is 4.56. The number of furan rings is 1. The number of nitrogens with one attached hydrogen (secondary N) is 1. The van der Waals surface area contributed by atoms with E-state index in [1.54, 1.807) is 20.8 Å². The van der Waals surface area contributed by atoms with Crippen molar-refractivity contribution in [2.45, 2.75) is 39.7 Å². The largest absolute Gasteiger partial charge is 0.447 e. The Morgan fingerprint density at radius 3 is 2.71 bits per heavy atom. The van der Waals surface area contributed by atoms with Gasteiger partial charge in [0.15, 0.2) is 0 Å². The smallest absolute Gasteiger partial charge is 0.414 e. The molecule has 0 unspecified atom stereocenters. The van der Waals surface area contributed by atoms with E-state index >= 15 is 0 Å². The van der Waals surface area contributed by atoms with Gasteiger partial charge in [-0.2, -0.15) is 5.26 Å². The van der Waals surface area contributed by atoms with E-state index in [4.69, 9.17) is 14.4 Å². The van der Waals surface area contributed by atoms with Crippen molar-refractivity contribution in [2.24, 2.45) is 0 Å². The van der Waals surface area contributed by atoms with E-state index in [2.05, 4.69) is 5.32 Å². The summed E-state index contributed by atoms with van der Waals surface area (Å²) < 4.78 is 10.2. The molecule has 5 nitrogen and oxygen atoms in total. The van der Waals surface area contributed by atoms with Crippen molar-refractivity contribution in [1.29, 1.82) is 5.26 Å². The maximum Gasteiger partial charge on any atom is 0.414 e. The fourth-order valence-electron chi connectivity index (χ4n) is 1.26. The Morgan fingerprint density at radius 1 is 1.59 bits per heavy atom. The van der Waals surface area contributed by atoms with Crippen molar-refractivity contribution in [1.82, 2.24) is 0 Å². The summed E-state index contributed by atoms with van der Waals surface area (Å²) in [5.41, 5.74) is 0.522. The molecule has 0 saturated heterocycles. The topological polar surface area (TPSA) is 75.3 Å². The van der Waals surface area contributed by atoms with Crippen LogP contribution in [0.25, 0.3) is 0 Å². The molecule has 0 aliphatic rings. The van der Waals surface area contributed by atoms with E-state index in [9.17, 15) is 4.79 Å². The van der Waals surface area contributed by atoms with Crippen molar-refractivity contribution >= 4 is 12.0 Å². The predicted octanol–water partition coefficient (Wildman–Crippen LogP) is 3.06. The number of amides is 1. The van der Waals surface area contributed by atoms with Gasteiger partial charge in [0.2, 0.25) is 5.88 Å². The average Bonchev–Trinajstić information content (AvgIpc) is 2.56. The van der Waals surface area contributed by atoms with Crippen LogP contribution in [0, 0.1) is 11.3 Å². The highest BCUT2D eigenvalue weighted by atomic mass is 16.6. The van der Waals surface area contributed by atoms with Gasteiger partial charge in [-0.1, -0.05) is 6.92 Å². The first-order valence-electron chi connectivity index (χ1n) is 5.38. The van der Waals surface area contributed by atoms with Gasteiger partial charge in [0.05, 0.1) is 6.26 Å². The number of hydrogen-bond acceptors (Lipinski definition) is 4. The molecule has 92 valence electrons. The number of anilines is 1. The lowest BCUT2D eigenvalue weighted by Gasteiger charge is -2.19. The van der Waals surface area contributed by atoms with E-state index in [0.717, 1.165) is 5.56 Å². The summed E-state index contributed by atoms with van der Waals surface area (Å²) in [7, 11) is 0. The number of nitrogens with zero attached hydrogens (tertiary/aromatic N) is 1. The maximum absolute atomic E-state index is 11.5. The van der Waals surface area contributed by atoms with Crippen LogP contribution in [0.3, 0.4) is 0 Å².